The van der Waals surface area contributed by atoms with Gasteiger partial charge in [-0.3, -0.25) is 4.68 Å². The zero-order valence-corrected chi connectivity index (χ0v) is 13.8. The van der Waals surface area contributed by atoms with E-state index in [-0.39, 0.29) is 0 Å². The Hall–Kier alpha value is -1.56. The van der Waals surface area contributed by atoms with Gasteiger partial charge in [-0.25, -0.2) is 4.98 Å². The lowest BCUT2D eigenvalue weighted by Gasteiger charge is -2.32. The van der Waals surface area contributed by atoms with Crippen LogP contribution in [0.5, 0.6) is 0 Å². The lowest BCUT2D eigenvalue weighted by Crippen LogP contribution is -2.39. The predicted octanol–water partition coefficient (Wildman–Crippen LogP) is 3.39. The highest BCUT2D eigenvalue weighted by Gasteiger charge is 2.29. The molecule has 118 valence electrons. The molecule has 22 heavy (non-hydrogen) atoms. The van der Waals surface area contributed by atoms with Crippen LogP contribution in [-0.4, -0.2) is 33.9 Å². The van der Waals surface area contributed by atoms with E-state index < -0.39 is 0 Å². The van der Waals surface area contributed by atoms with Crippen molar-refractivity contribution in [3.63, 3.8) is 0 Å². The molecule has 2 aromatic heterocycles. The van der Waals surface area contributed by atoms with Crippen LogP contribution < -0.4 is 10.2 Å². The predicted molar refractivity (Wildman–Crippen MR) is 90.6 cm³/mol. The molecule has 0 spiro atoms. The second kappa shape index (κ2) is 5.91. The lowest BCUT2D eigenvalue weighted by molar-refractivity contribution is 0.440. The van der Waals surface area contributed by atoms with Crippen LogP contribution in [0.4, 0.5) is 10.8 Å². The van der Waals surface area contributed by atoms with Crippen LogP contribution in [0.25, 0.3) is 0 Å². The molecule has 4 rings (SSSR count). The van der Waals surface area contributed by atoms with Crippen molar-refractivity contribution in [3.05, 3.63) is 24.0 Å². The fourth-order valence-electron chi connectivity index (χ4n) is 3.25. The summed E-state index contributed by atoms with van der Waals surface area (Å²) in [6.45, 7) is 4.44. The molecule has 0 radical (unpaired) electrons. The number of nitrogens with zero attached hydrogens (tertiary/aromatic N) is 4. The van der Waals surface area contributed by atoms with Gasteiger partial charge in [0.2, 0.25) is 0 Å². The summed E-state index contributed by atoms with van der Waals surface area (Å²) in [5, 5.41) is 11.4. The van der Waals surface area contributed by atoms with Crippen LogP contribution >= 0.6 is 11.3 Å². The quantitative estimate of drug-likeness (QED) is 0.918. The third kappa shape index (κ3) is 2.97. The molecule has 1 saturated heterocycles. The van der Waals surface area contributed by atoms with E-state index >= 15 is 0 Å². The molecule has 0 amide bonds. The SMILES string of the molecule is C[C@@H](C1CC1)n1cc(NC2CCN(c3nccs3)CC2)cn1. The molecule has 0 unspecified atom stereocenters. The molecular formula is C16H23N5S. The van der Waals surface area contributed by atoms with Gasteiger partial charge in [-0.2, -0.15) is 5.10 Å². The van der Waals surface area contributed by atoms with Gasteiger partial charge in [-0.15, -0.1) is 11.3 Å². The maximum Gasteiger partial charge on any atom is 0.185 e. The van der Waals surface area contributed by atoms with Crippen LogP contribution in [0.2, 0.25) is 0 Å². The number of thiazole rings is 1. The Morgan fingerprint density at radius 2 is 2.09 bits per heavy atom. The highest BCUT2D eigenvalue weighted by atomic mass is 32.1. The summed E-state index contributed by atoms with van der Waals surface area (Å²) in [6, 6.07) is 1.09. The Morgan fingerprint density at radius 3 is 2.77 bits per heavy atom. The fourth-order valence-corrected chi connectivity index (χ4v) is 3.95. The van der Waals surface area contributed by atoms with Crippen molar-refractivity contribution < 1.29 is 0 Å². The maximum absolute atomic E-state index is 4.53. The highest BCUT2D eigenvalue weighted by molar-refractivity contribution is 7.13. The van der Waals surface area contributed by atoms with Gasteiger partial charge in [-0.1, -0.05) is 0 Å². The molecule has 0 aromatic carbocycles. The zero-order valence-electron chi connectivity index (χ0n) is 13.0. The molecule has 1 aliphatic carbocycles. The van der Waals surface area contributed by atoms with Gasteiger partial charge in [0.25, 0.3) is 0 Å². The van der Waals surface area contributed by atoms with E-state index in [1.807, 2.05) is 12.4 Å². The van der Waals surface area contributed by atoms with Gasteiger partial charge >= 0.3 is 0 Å². The van der Waals surface area contributed by atoms with Gasteiger partial charge in [0.1, 0.15) is 0 Å². The molecule has 1 aliphatic heterocycles. The Balaban J connectivity index is 1.31. The van der Waals surface area contributed by atoms with Crippen molar-refractivity contribution in [3.8, 4) is 0 Å². The molecule has 2 aromatic rings. The fraction of sp³-hybridized carbons (Fsp3) is 0.625. The third-order valence-corrected chi connectivity index (χ3v) is 5.71. The van der Waals surface area contributed by atoms with Crippen molar-refractivity contribution >= 4 is 22.2 Å². The first kappa shape index (κ1) is 14.1. The summed E-state index contributed by atoms with van der Waals surface area (Å²) < 4.78 is 2.13. The molecular weight excluding hydrogens is 294 g/mol. The summed E-state index contributed by atoms with van der Waals surface area (Å²) in [6.07, 6.45) is 11.1. The molecule has 2 fully saturated rings. The molecule has 5 nitrogen and oxygen atoms in total. The first-order chi connectivity index (χ1) is 10.8. The maximum atomic E-state index is 4.53. The molecule has 1 N–H and O–H groups in total. The van der Waals surface area contributed by atoms with Gasteiger partial charge < -0.3 is 10.2 Å². The van der Waals surface area contributed by atoms with Crippen LogP contribution in [0.15, 0.2) is 24.0 Å². The molecule has 1 atom stereocenters. The summed E-state index contributed by atoms with van der Waals surface area (Å²) >= 11 is 1.73. The number of anilines is 2. The average Bonchev–Trinajstić information content (AvgIpc) is 3.05. The van der Waals surface area contributed by atoms with Crippen molar-refractivity contribution in [2.45, 2.75) is 44.7 Å². The Morgan fingerprint density at radius 1 is 1.27 bits per heavy atom. The van der Waals surface area contributed by atoms with E-state index in [0.29, 0.717) is 12.1 Å². The number of rotatable bonds is 5. The van der Waals surface area contributed by atoms with Crippen LogP contribution in [-0.2, 0) is 0 Å². The topological polar surface area (TPSA) is 46.0 Å². The van der Waals surface area contributed by atoms with E-state index in [4.69, 9.17) is 0 Å². The smallest absolute Gasteiger partial charge is 0.185 e. The Kier molecular flexibility index (Phi) is 3.78. The molecule has 6 heteroatoms. The van der Waals surface area contributed by atoms with Crippen molar-refractivity contribution in [1.29, 1.82) is 0 Å². The molecule has 3 heterocycles. The van der Waals surface area contributed by atoms with Crippen molar-refractivity contribution in [2.75, 3.05) is 23.3 Å². The minimum Gasteiger partial charge on any atom is -0.380 e. The summed E-state index contributed by atoms with van der Waals surface area (Å²) in [5.74, 6) is 0.842. The van der Waals surface area contributed by atoms with Gasteiger partial charge in [0.05, 0.1) is 17.9 Å². The average molecular weight is 317 g/mol. The van der Waals surface area contributed by atoms with Crippen molar-refractivity contribution in [2.24, 2.45) is 5.92 Å². The third-order valence-electron chi connectivity index (χ3n) is 4.88. The second-order valence-electron chi connectivity index (χ2n) is 6.51. The number of piperidine rings is 1. The number of hydrogen-bond donors (Lipinski definition) is 1. The summed E-state index contributed by atoms with van der Waals surface area (Å²) in [5.41, 5.74) is 1.17. The first-order valence-electron chi connectivity index (χ1n) is 8.25. The van der Waals surface area contributed by atoms with Crippen LogP contribution in [0, 0.1) is 5.92 Å². The van der Waals surface area contributed by atoms with Gasteiger partial charge in [-0.05, 0) is 38.5 Å². The molecule has 0 bridgehead atoms. The molecule has 2 aliphatic rings. The largest absolute Gasteiger partial charge is 0.380 e. The van der Waals surface area contributed by atoms with E-state index in [2.05, 4.69) is 43.5 Å². The van der Waals surface area contributed by atoms with Crippen LogP contribution in [0.1, 0.15) is 38.6 Å². The monoisotopic (exact) mass is 317 g/mol. The van der Waals surface area contributed by atoms with E-state index in [9.17, 15) is 0 Å². The van der Waals surface area contributed by atoms with E-state index in [1.165, 1.54) is 18.5 Å². The second-order valence-corrected chi connectivity index (χ2v) is 7.38. The Labute approximate surface area is 135 Å². The molecule has 1 saturated carbocycles. The zero-order chi connectivity index (χ0) is 14.9. The minimum absolute atomic E-state index is 0.544. The normalized spacial score (nSPS) is 21.0. The van der Waals surface area contributed by atoms with E-state index in [1.54, 1.807) is 11.3 Å². The standard InChI is InChI=1S/C16H23N5S/c1-12(13-2-3-13)21-11-15(10-18-21)19-14-4-7-20(8-5-14)16-17-6-9-22-16/h6,9-14,19H,2-5,7-8H2,1H3/t12-/m0/s1. The van der Waals surface area contributed by atoms with Crippen LogP contribution in [0.3, 0.4) is 0 Å². The summed E-state index contributed by atoms with van der Waals surface area (Å²) in [7, 11) is 0. The summed E-state index contributed by atoms with van der Waals surface area (Å²) in [4.78, 5) is 6.80. The lowest BCUT2D eigenvalue weighted by atomic mass is 10.1. The first-order valence-corrected chi connectivity index (χ1v) is 9.12. The number of nitrogens with one attached hydrogen (secondary N) is 1. The van der Waals surface area contributed by atoms with Gasteiger partial charge in [0.15, 0.2) is 5.13 Å². The Bertz CT molecular complexity index is 596. The highest BCUT2D eigenvalue weighted by Crippen LogP contribution is 2.39. The number of aromatic nitrogens is 3. The van der Waals surface area contributed by atoms with Gasteiger partial charge in [0, 0.05) is 36.9 Å². The number of hydrogen-bond acceptors (Lipinski definition) is 5. The van der Waals surface area contributed by atoms with Crippen molar-refractivity contribution in [1.82, 2.24) is 14.8 Å². The van der Waals surface area contributed by atoms with E-state index in [0.717, 1.165) is 37.0 Å². The minimum atomic E-state index is 0.544.